The summed E-state index contributed by atoms with van der Waals surface area (Å²) in [6, 6.07) is 17.0. The van der Waals surface area contributed by atoms with Crippen molar-refractivity contribution < 1.29 is 9.84 Å². The van der Waals surface area contributed by atoms with E-state index in [1.54, 1.807) is 24.6 Å². The Bertz CT molecular complexity index is 1080. The van der Waals surface area contributed by atoms with Crippen molar-refractivity contribution >= 4 is 39.5 Å². The number of hydrogen-bond acceptors (Lipinski definition) is 5. The third-order valence-corrected chi connectivity index (χ3v) is 5.61. The average Bonchev–Trinajstić information content (AvgIpc) is 3.22. The number of nitrogens with zero attached hydrogens (tertiary/aromatic N) is 1. The van der Waals surface area contributed by atoms with E-state index in [1.165, 1.54) is 0 Å². The Balaban J connectivity index is 1.79. The van der Waals surface area contributed by atoms with Gasteiger partial charge in [0.05, 0.1) is 18.2 Å². The van der Waals surface area contributed by atoms with Crippen molar-refractivity contribution in [1.82, 2.24) is 4.98 Å². The number of halogens is 1. The minimum Gasteiger partial charge on any atom is -0.505 e. The van der Waals surface area contributed by atoms with Crippen LogP contribution in [0, 0.1) is 0 Å². The molecule has 4 rings (SSSR count). The fourth-order valence-electron chi connectivity index (χ4n) is 3.06. The SMILES string of the molecule is COc1ccc(NC(c2cccs2)c2ccc3cccnc3c2O)cc1Cl. The van der Waals surface area contributed by atoms with Crippen molar-refractivity contribution in [3.63, 3.8) is 0 Å². The zero-order valence-corrected chi connectivity index (χ0v) is 16.1. The van der Waals surface area contributed by atoms with Gasteiger partial charge in [-0.2, -0.15) is 0 Å². The van der Waals surface area contributed by atoms with Crippen molar-refractivity contribution in [3.8, 4) is 11.5 Å². The Kier molecular flexibility index (Phi) is 4.88. The number of rotatable bonds is 5. The van der Waals surface area contributed by atoms with Gasteiger partial charge in [0, 0.05) is 27.7 Å². The van der Waals surface area contributed by atoms with Gasteiger partial charge in [0.25, 0.3) is 0 Å². The molecular weight excluding hydrogens is 380 g/mol. The molecule has 6 heteroatoms. The van der Waals surface area contributed by atoms with E-state index in [2.05, 4.69) is 10.3 Å². The molecule has 0 radical (unpaired) electrons. The van der Waals surface area contributed by atoms with Crippen molar-refractivity contribution in [2.75, 3.05) is 12.4 Å². The number of hydrogen-bond donors (Lipinski definition) is 2. The number of thiophene rings is 1. The smallest absolute Gasteiger partial charge is 0.147 e. The van der Waals surface area contributed by atoms with Gasteiger partial charge in [-0.3, -0.25) is 4.98 Å². The molecule has 0 spiro atoms. The van der Waals surface area contributed by atoms with Gasteiger partial charge in [-0.25, -0.2) is 0 Å². The normalized spacial score (nSPS) is 12.1. The Hall–Kier alpha value is -2.76. The summed E-state index contributed by atoms with van der Waals surface area (Å²) in [7, 11) is 1.59. The van der Waals surface area contributed by atoms with Crippen LogP contribution in [0.4, 0.5) is 5.69 Å². The van der Waals surface area contributed by atoms with Crippen LogP contribution in [0.1, 0.15) is 16.5 Å². The highest BCUT2D eigenvalue weighted by Crippen LogP contribution is 2.38. The third-order valence-electron chi connectivity index (χ3n) is 4.38. The summed E-state index contributed by atoms with van der Waals surface area (Å²) in [6.45, 7) is 0. The van der Waals surface area contributed by atoms with Crippen LogP contribution in [0.2, 0.25) is 5.02 Å². The second-order valence-corrected chi connectivity index (χ2v) is 7.41. The minimum atomic E-state index is -0.235. The summed E-state index contributed by atoms with van der Waals surface area (Å²) in [5, 5.41) is 17.8. The minimum absolute atomic E-state index is 0.179. The number of nitrogens with one attached hydrogen (secondary N) is 1. The van der Waals surface area contributed by atoms with E-state index >= 15 is 0 Å². The van der Waals surface area contributed by atoms with Crippen molar-refractivity contribution in [2.45, 2.75) is 6.04 Å². The molecule has 0 aliphatic heterocycles. The second kappa shape index (κ2) is 7.47. The number of phenolic OH excluding ortho intramolecular Hbond substituents is 1. The van der Waals surface area contributed by atoms with Crippen molar-refractivity contribution in [2.24, 2.45) is 0 Å². The highest BCUT2D eigenvalue weighted by atomic mass is 35.5. The summed E-state index contributed by atoms with van der Waals surface area (Å²) in [4.78, 5) is 5.41. The molecule has 2 heterocycles. The fourth-order valence-corrected chi connectivity index (χ4v) is 4.11. The second-order valence-electron chi connectivity index (χ2n) is 6.02. The Morgan fingerprint density at radius 1 is 1.15 bits per heavy atom. The molecule has 0 fully saturated rings. The topological polar surface area (TPSA) is 54.4 Å². The molecule has 1 unspecified atom stereocenters. The maximum absolute atomic E-state index is 10.9. The van der Waals surface area contributed by atoms with Gasteiger partial charge in [-0.05, 0) is 35.7 Å². The first-order valence-electron chi connectivity index (χ1n) is 8.37. The van der Waals surface area contributed by atoms with E-state index in [4.69, 9.17) is 16.3 Å². The molecule has 1 atom stereocenters. The molecule has 0 bridgehead atoms. The molecular formula is C21H17ClN2O2S. The molecule has 4 aromatic rings. The lowest BCUT2D eigenvalue weighted by Crippen LogP contribution is -2.11. The molecule has 2 aromatic carbocycles. The van der Waals surface area contributed by atoms with Gasteiger partial charge < -0.3 is 15.2 Å². The van der Waals surface area contributed by atoms with Gasteiger partial charge in [0.1, 0.15) is 17.0 Å². The number of pyridine rings is 1. The van der Waals surface area contributed by atoms with Crippen molar-refractivity contribution in [1.29, 1.82) is 0 Å². The first-order chi connectivity index (χ1) is 13.2. The predicted molar refractivity (Wildman–Crippen MR) is 111 cm³/mol. The summed E-state index contributed by atoms with van der Waals surface area (Å²) in [5.41, 5.74) is 2.18. The molecule has 4 nitrogen and oxygen atoms in total. The molecule has 0 saturated heterocycles. The number of aromatic nitrogens is 1. The van der Waals surface area contributed by atoms with Crippen LogP contribution in [0.25, 0.3) is 10.9 Å². The highest BCUT2D eigenvalue weighted by Gasteiger charge is 2.21. The van der Waals surface area contributed by atoms with Gasteiger partial charge in [0.15, 0.2) is 0 Å². The maximum Gasteiger partial charge on any atom is 0.147 e. The summed E-state index contributed by atoms with van der Waals surface area (Å²) >= 11 is 7.89. The highest BCUT2D eigenvalue weighted by molar-refractivity contribution is 7.10. The van der Waals surface area contributed by atoms with E-state index in [0.717, 1.165) is 21.5 Å². The van der Waals surface area contributed by atoms with Crippen LogP contribution in [-0.2, 0) is 0 Å². The molecule has 0 aliphatic carbocycles. The fraction of sp³-hybridized carbons (Fsp3) is 0.0952. The molecule has 0 aliphatic rings. The van der Waals surface area contributed by atoms with Crippen LogP contribution in [0.3, 0.4) is 0 Å². The monoisotopic (exact) mass is 396 g/mol. The predicted octanol–water partition coefficient (Wildman–Crippen LogP) is 5.87. The maximum atomic E-state index is 10.9. The molecule has 136 valence electrons. The zero-order chi connectivity index (χ0) is 18.8. The van der Waals surface area contributed by atoms with Crippen LogP contribution in [0.5, 0.6) is 11.5 Å². The van der Waals surface area contributed by atoms with E-state index in [1.807, 2.05) is 60.0 Å². The Labute approximate surface area is 166 Å². The van der Waals surface area contributed by atoms with Gasteiger partial charge in [0.2, 0.25) is 0 Å². The summed E-state index contributed by atoms with van der Waals surface area (Å²) < 4.78 is 5.22. The van der Waals surface area contributed by atoms with E-state index in [0.29, 0.717) is 16.3 Å². The molecule has 2 N–H and O–H groups in total. The number of ether oxygens (including phenoxy) is 1. The number of methoxy groups -OCH3 is 1. The van der Waals surface area contributed by atoms with Crippen LogP contribution in [-0.4, -0.2) is 17.2 Å². The van der Waals surface area contributed by atoms with Gasteiger partial charge >= 0.3 is 0 Å². The van der Waals surface area contributed by atoms with Crippen LogP contribution >= 0.6 is 22.9 Å². The Morgan fingerprint density at radius 3 is 2.78 bits per heavy atom. The Morgan fingerprint density at radius 2 is 2.04 bits per heavy atom. The molecule has 2 aromatic heterocycles. The van der Waals surface area contributed by atoms with Crippen molar-refractivity contribution in [3.05, 3.63) is 81.6 Å². The quantitative estimate of drug-likeness (QED) is 0.443. The lowest BCUT2D eigenvalue weighted by atomic mass is 10.0. The number of phenols is 1. The van der Waals surface area contributed by atoms with E-state index in [9.17, 15) is 5.11 Å². The average molecular weight is 397 g/mol. The van der Waals surface area contributed by atoms with Crippen LogP contribution in [0.15, 0.2) is 66.2 Å². The first kappa shape index (κ1) is 17.6. The lowest BCUT2D eigenvalue weighted by molar-refractivity contribution is 0.415. The molecule has 0 saturated carbocycles. The summed E-state index contributed by atoms with van der Waals surface area (Å²) in [5.74, 6) is 0.797. The number of anilines is 1. The van der Waals surface area contributed by atoms with E-state index < -0.39 is 0 Å². The lowest BCUT2D eigenvalue weighted by Gasteiger charge is -2.21. The number of benzene rings is 2. The third kappa shape index (κ3) is 3.44. The first-order valence-corrected chi connectivity index (χ1v) is 9.63. The number of fused-ring (bicyclic) bond motifs is 1. The standard InChI is InChI=1S/C21H17ClN2O2S/c1-26-17-9-7-14(12-16(17)22)24-20(18-5-3-11-27-18)15-8-6-13-4-2-10-23-19(13)21(15)25/h2-12,20,24-25H,1H3. The van der Waals surface area contributed by atoms with E-state index in [-0.39, 0.29) is 11.8 Å². The van der Waals surface area contributed by atoms with Gasteiger partial charge in [-0.1, -0.05) is 35.9 Å². The molecule has 0 amide bonds. The largest absolute Gasteiger partial charge is 0.505 e. The summed E-state index contributed by atoms with van der Waals surface area (Å²) in [6.07, 6.45) is 1.68. The van der Waals surface area contributed by atoms with Gasteiger partial charge in [-0.15, -0.1) is 11.3 Å². The number of aromatic hydroxyl groups is 1. The zero-order valence-electron chi connectivity index (χ0n) is 14.5. The molecule has 27 heavy (non-hydrogen) atoms. The van der Waals surface area contributed by atoms with Crippen LogP contribution < -0.4 is 10.1 Å².